The highest BCUT2D eigenvalue weighted by Gasteiger charge is 2.57. The molecule has 0 saturated heterocycles. The van der Waals surface area contributed by atoms with Crippen molar-refractivity contribution in [2.75, 3.05) is 21.3 Å². The summed E-state index contributed by atoms with van der Waals surface area (Å²) in [4.78, 5) is 33.8. The lowest BCUT2D eigenvalue weighted by molar-refractivity contribution is 0.177. The fourth-order valence-corrected chi connectivity index (χ4v) is 2.59. The van der Waals surface area contributed by atoms with E-state index in [9.17, 15) is 14.4 Å². The Morgan fingerprint density at radius 1 is 0.786 bits per heavy atom. The molecule has 6 nitrogen and oxygen atoms in total. The summed E-state index contributed by atoms with van der Waals surface area (Å²) in [6.45, 7) is 1.22. The summed E-state index contributed by atoms with van der Waals surface area (Å²) in [5, 5.41) is 0. The average molecular weight is 220 g/mol. The summed E-state index contributed by atoms with van der Waals surface area (Å²) in [6.07, 6.45) is 0. The molecule has 0 rings (SSSR count). The van der Waals surface area contributed by atoms with Crippen LogP contribution in [-0.2, 0) is 14.2 Å². The fourth-order valence-electron chi connectivity index (χ4n) is 0.862. The minimum Gasteiger partial charge on any atom is -0.472 e. The van der Waals surface area contributed by atoms with Crippen LogP contribution in [0.3, 0.4) is 0 Å². The van der Waals surface area contributed by atoms with Gasteiger partial charge < -0.3 is 14.2 Å². The number of carbonyl (C=O) groups is 3. The third-order valence-electron chi connectivity index (χ3n) is 1.78. The molecule has 0 aliphatic carbocycles. The summed E-state index contributed by atoms with van der Waals surface area (Å²) in [5.74, 6) is 0. The third kappa shape index (κ3) is 1.92. The van der Waals surface area contributed by atoms with Crippen molar-refractivity contribution in [2.24, 2.45) is 0 Å². The van der Waals surface area contributed by atoms with E-state index in [1.807, 2.05) is 0 Å². The maximum Gasteiger partial charge on any atom is 0.428 e. The molecule has 0 atom stereocenters. The van der Waals surface area contributed by atoms with Crippen LogP contribution in [0.2, 0.25) is 6.55 Å². The van der Waals surface area contributed by atoms with Crippen LogP contribution < -0.4 is 0 Å². The van der Waals surface area contributed by atoms with Crippen LogP contribution in [0.25, 0.3) is 0 Å². The molecule has 0 aliphatic heterocycles. The Kier molecular flexibility index (Phi) is 4.28. The number of hydrogen-bond acceptors (Lipinski definition) is 6. The normalized spacial score (nSPS) is 10.3. The van der Waals surface area contributed by atoms with Gasteiger partial charge in [-0.2, -0.15) is 0 Å². The van der Waals surface area contributed by atoms with E-state index in [1.165, 1.54) is 6.55 Å². The fraction of sp³-hybridized carbons (Fsp3) is 0.571. The Morgan fingerprint density at radius 2 is 1.00 bits per heavy atom. The van der Waals surface area contributed by atoms with E-state index < -0.39 is 24.9 Å². The van der Waals surface area contributed by atoms with Gasteiger partial charge in [0.05, 0.1) is 21.3 Å². The topological polar surface area (TPSA) is 78.9 Å². The lowest BCUT2D eigenvalue weighted by Gasteiger charge is -2.17. The lowest BCUT2D eigenvalue weighted by atomic mass is 11.4. The van der Waals surface area contributed by atoms with E-state index in [0.29, 0.717) is 0 Å². The maximum absolute atomic E-state index is 11.3. The molecule has 0 aromatic heterocycles. The van der Waals surface area contributed by atoms with Gasteiger partial charge in [-0.05, 0) is 6.55 Å². The van der Waals surface area contributed by atoms with Crippen molar-refractivity contribution in [3.8, 4) is 0 Å². The van der Waals surface area contributed by atoms with Gasteiger partial charge in [-0.1, -0.05) is 0 Å². The Hall–Kier alpha value is -1.37. The summed E-state index contributed by atoms with van der Waals surface area (Å²) in [7, 11) is -0.353. The highest BCUT2D eigenvalue weighted by atomic mass is 28.3. The van der Waals surface area contributed by atoms with E-state index in [2.05, 4.69) is 14.2 Å². The lowest BCUT2D eigenvalue weighted by Crippen LogP contribution is -2.57. The highest BCUT2D eigenvalue weighted by Crippen LogP contribution is 2.13. The first-order valence-electron chi connectivity index (χ1n) is 3.70. The summed E-state index contributed by atoms with van der Waals surface area (Å²) in [5.41, 5.74) is -2.64. The second-order valence-corrected chi connectivity index (χ2v) is 6.07. The quantitative estimate of drug-likeness (QED) is 0.523. The van der Waals surface area contributed by atoms with E-state index >= 15 is 0 Å². The number of methoxy groups -OCH3 is 3. The molecule has 0 unspecified atom stereocenters. The zero-order chi connectivity index (χ0) is 11.4. The van der Waals surface area contributed by atoms with Crippen molar-refractivity contribution in [2.45, 2.75) is 6.55 Å². The monoisotopic (exact) mass is 220 g/mol. The molecular formula is C7H12O6Si. The molecule has 80 valence electrons. The van der Waals surface area contributed by atoms with Crippen molar-refractivity contribution < 1.29 is 28.6 Å². The van der Waals surface area contributed by atoms with Gasteiger partial charge in [-0.3, -0.25) is 14.4 Å². The van der Waals surface area contributed by atoms with Gasteiger partial charge in [-0.15, -0.1) is 0 Å². The van der Waals surface area contributed by atoms with Gasteiger partial charge in [0.2, 0.25) is 0 Å². The molecule has 0 saturated carbocycles. The molecule has 0 radical (unpaired) electrons. The van der Waals surface area contributed by atoms with Gasteiger partial charge in [0.25, 0.3) is 16.8 Å². The van der Waals surface area contributed by atoms with Crippen LogP contribution in [0, 0.1) is 0 Å². The van der Waals surface area contributed by atoms with Crippen molar-refractivity contribution in [1.29, 1.82) is 0 Å². The molecule has 0 N–H and O–H groups in total. The number of carbonyl (C=O) groups excluding carboxylic acids is 3. The predicted octanol–water partition coefficient (Wildman–Crippen LogP) is 1.11. The summed E-state index contributed by atoms with van der Waals surface area (Å²) >= 11 is 0. The van der Waals surface area contributed by atoms with Crippen molar-refractivity contribution in [3.05, 3.63) is 0 Å². The Morgan fingerprint density at radius 3 is 1.14 bits per heavy atom. The first kappa shape index (κ1) is 12.6. The molecule has 14 heavy (non-hydrogen) atoms. The smallest absolute Gasteiger partial charge is 0.428 e. The largest absolute Gasteiger partial charge is 0.472 e. The average Bonchev–Trinajstić information content (AvgIpc) is 2.24. The van der Waals surface area contributed by atoms with E-state index in [4.69, 9.17) is 0 Å². The Labute approximate surface area is 82.1 Å². The van der Waals surface area contributed by atoms with Crippen molar-refractivity contribution in [1.82, 2.24) is 0 Å². The van der Waals surface area contributed by atoms with E-state index in [0.717, 1.165) is 21.3 Å². The number of ether oxygens (including phenoxy) is 3. The second-order valence-electron chi connectivity index (χ2n) is 2.60. The zero-order valence-corrected chi connectivity index (χ0v) is 9.45. The molecule has 0 bridgehead atoms. The Bertz CT molecular complexity index is 220. The second kappa shape index (κ2) is 4.75. The van der Waals surface area contributed by atoms with E-state index in [-0.39, 0.29) is 0 Å². The first-order chi connectivity index (χ1) is 6.44. The van der Waals surface area contributed by atoms with Crippen molar-refractivity contribution >= 4 is 24.9 Å². The first-order valence-corrected chi connectivity index (χ1v) is 6.20. The van der Waals surface area contributed by atoms with Crippen LogP contribution >= 0.6 is 0 Å². The number of rotatable bonds is 3. The third-order valence-corrected chi connectivity index (χ3v) is 4.84. The van der Waals surface area contributed by atoms with Gasteiger partial charge >= 0.3 is 8.07 Å². The van der Waals surface area contributed by atoms with Gasteiger partial charge in [0, 0.05) is 0 Å². The van der Waals surface area contributed by atoms with Crippen LogP contribution in [0.15, 0.2) is 0 Å². The van der Waals surface area contributed by atoms with Gasteiger partial charge in [0.1, 0.15) is 0 Å². The molecule has 7 heteroatoms. The molecule has 0 amide bonds. The highest BCUT2D eigenvalue weighted by molar-refractivity contribution is 7.38. The Balaban J connectivity index is 5.14. The summed E-state index contributed by atoms with van der Waals surface area (Å²) < 4.78 is 13.1. The number of hydrogen-bond donors (Lipinski definition) is 0. The molecular weight excluding hydrogens is 208 g/mol. The predicted molar refractivity (Wildman–Crippen MR) is 48.8 cm³/mol. The SMILES string of the molecule is COC(=O)[Si](C)(C(=O)OC)C(=O)OC. The van der Waals surface area contributed by atoms with Crippen LogP contribution in [-0.4, -0.2) is 46.2 Å². The minimum atomic E-state index is -3.64. The molecule has 0 spiro atoms. The molecule has 0 aromatic rings. The molecule has 0 aromatic carbocycles. The molecule has 0 fully saturated rings. The zero-order valence-electron chi connectivity index (χ0n) is 8.45. The van der Waals surface area contributed by atoms with Gasteiger partial charge in [0.15, 0.2) is 0 Å². The maximum atomic E-state index is 11.3. The van der Waals surface area contributed by atoms with Crippen LogP contribution in [0.4, 0.5) is 14.4 Å². The molecule has 0 heterocycles. The van der Waals surface area contributed by atoms with Crippen molar-refractivity contribution in [3.63, 3.8) is 0 Å². The molecule has 0 aliphatic rings. The van der Waals surface area contributed by atoms with Crippen LogP contribution in [0.1, 0.15) is 0 Å². The van der Waals surface area contributed by atoms with Crippen LogP contribution in [0.5, 0.6) is 0 Å². The standard InChI is InChI=1S/C7H12O6Si/c1-11-5(8)14(4,6(9)12-2)7(10)13-3/h1-4H3. The summed E-state index contributed by atoms with van der Waals surface area (Å²) in [6, 6.07) is 0. The van der Waals surface area contributed by atoms with E-state index in [1.54, 1.807) is 0 Å². The minimum absolute atomic E-state index is 0.879. The van der Waals surface area contributed by atoms with Gasteiger partial charge in [-0.25, -0.2) is 0 Å².